The van der Waals surface area contributed by atoms with Crippen LogP contribution in [-0.2, 0) is 9.53 Å². The van der Waals surface area contributed by atoms with Crippen LogP contribution in [0.5, 0.6) is 0 Å². The van der Waals surface area contributed by atoms with Crippen LogP contribution in [0.2, 0.25) is 0 Å². The van der Waals surface area contributed by atoms with Gasteiger partial charge in [-0.25, -0.2) is 4.79 Å². The molecule has 1 fully saturated rings. The first-order chi connectivity index (χ1) is 10.6. The number of benzene rings is 1. The van der Waals surface area contributed by atoms with Crippen molar-refractivity contribution in [1.82, 2.24) is 10.2 Å². The lowest BCUT2D eigenvalue weighted by atomic mass is 9.81. The number of alkyl halides is 3. The highest BCUT2D eigenvalue weighted by molar-refractivity contribution is 6.22. The summed E-state index contributed by atoms with van der Waals surface area (Å²) in [4.78, 5) is 24.4. The first-order valence-corrected chi connectivity index (χ1v) is 6.98. The van der Waals surface area contributed by atoms with Gasteiger partial charge < -0.3 is 15.2 Å². The molecule has 1 aromatic carbocycles. The summed E-state index contributed by atoms with van der Waals surface area (Å²) in [6.07, 6.45) is 0. The molecule has 23 heavy (non-hydrogen) atoms. The van der Waals surface area contributed by atoms with E-state index in [4.69, 9.17) is 11.6 Å². The maximum atomic E-state index is 13.9. The molecule has 2 rings (SSSR count). The molecule has 0 spiro atoms. The highest BCUT2D eigenvalue weighted by Gasteiger charge is 2.68. The van der Waals surface area contributed by atoms with Crippen molar-refractivity contribution in [2.75, 3.05) is 14.2 Å². The smallest absolute Gasteiger partial charge is 0.369 e. The lowest BCUT2D eigenvalue weighted by Gasteiger charge is -2.49. The third-order valence-electron chi connectivity index (χ3n) is 3.89. The first-order valence-electron chi connectivity index (χ1n) is 6.60. The van der Waals surface area contributed by atoms with Gasteiger partial charge in [-0.15, -0.1) is 0 Å². The van der Waals surface area contributed by atoms with Crippen molar-refractivity contribution >= 4 is 23.6 Å². The number of methoxy groups -OCH3 is 1. The molecule has 1 aliphatic heterocycles. The van der Waals surface area contributed by atoms with Gasteiger partial charge in [0.15, 0.2) is 0 Å². The number of aliphatic hydroxyl groups is 1. The molecular formula is C14H15ClF2N2O4. The third-order valence-corrected chi connectivity index (χ3v) is 4.17. The highest BCUT2D eigenvalue weighted by atomic mass is 35.5. The zero-order chi connectivity index (χ0) is 17.4. The molecule has 2 amide bonds. The van der Waals surface area contributed by atoms with Crippen molar-refractivity contribution in [2.24, 2.45) is 5.92 Å². The van der Waals surface area contributed by atoms with Gasteiger partial charge in [0.05, 0.1) is 13.2 Å². The number of urea groups is 1. The van der Waals surface area contributed by atoms with Crippen molar-refractivity contribution in [1.29, 1.82) is 0 Å². The van der Waals surface area contributed by atoms with Crippen LogP contribution in [0.15, 0.2) is 30.3 Å². The molecule has 0 aromatic heterocycles. The van der Waals surface area contributed by atoms with E-state index in [9.17, 15) is 23.5 Å². The van der Waals surface area contributed by atoms with Crippen LogP contribution >= 0.6 is 11.6 Å². The van der Waals surface area contributed by atoms with E-state index in [0.29, 0.717) is 10.5 Å². The molecule has 0 unspecified atom stereocenters. The Kier molecular flexibility index (Phi) is 4.50. The number of hydrogen-bond acceptors (Lipinski definition) is 4. The Morgan fingerprint density at radius 3 is 2.48 bits per heavy atom. The Bertz CT molecular complexity index is 611. The van der Waals surface area contributed by atoms with Gasteiger partial charge in [0.1, 0.15) is 5.92 Å². The Balaban J connectivity index is 2.63. The molecule has 1 aliphatic rings. The number of nitrogens with zero attached hydrogens (tertiary/aromatic N) is 1. The number of halogens is 3. The van der Waals surface area contributed by atoms with Crippen LogP contribution in [0.4, 0.5) is 13.6 Å². The standard InChI is InChI=1S/C14H15ClF2N2O4/c1-19-12(21)18-10(8-6-4-3-5-7-8)9(11(20)23-2)13(19,22)14(15,16)17/h3-7,9-10,22H,1-2H3,(H,18,21)/t9-,10-,13+/m1/s1. The molecule has 6 nitrogen and oxygen atoms in total. The molecule has 9 heteroatoms. The molecule has 2 N–H and O–H groups in total. The average Bonchev–Trinajstić information content (AvgIpc) is 2.51. The molecule has 0 saturated carbocycles. The van der Waals surface area contributed by atoms with Crippen molar-refractivity contribution in [3.8, 4) is 0 Å². The van der Waals surface area contributed by atoms with Crippen LogP contribution in [0.25, 0.3) is 0 Å². The molecule has 126 valence electrons. The number of carbonyl (C=O) groups is 2. The highest BCUT2D eigenvalue weighted by Crippen LogP contribution is 2.47. The molecule has 1 aromatic rings. The zero-order valence-corrected chi connectivity index (χ0v) is 13.1. The molecule has 0 bridgehead atoms. The van der Waals surface area contributed by atoms with E-state index >= 15 is 0 Å². The Hall–Kier alpha value is -1.93. The van der Waals surface area contributed by atoms with Gasteiger partial charge in [0.2, 0.25) is 5.72 Å². The van der Waals surface area contributed by atoms with E-state index in [0.717, 1.165) is 14.2 Å². The molecule has 3 atom stereocenters. The normalized spacial score (nSPS) is 28.3. The fraction of sp³-hybridized carbons (Fsp3) is 0.429. The van der Waals surface area contributed by atoms with Gasteiger partial charge in [0.25, 0.3) is 0 Å². The summed E-state index contributed by atoms with van der Waals surface area (Å²) in [6.45, 7) is 0. The van der Waals surface area contributed by atoms with E-state index in [1.807, 2.05) is 0 Å². The Labute approximate surface area is 136 Å². The summed E-state index contributed by atoms with van der Waals surface area (Å²) in [7, 11) is 1.91. The minimum absolute atomic E-state index is 0.307. The Morgan fingerprint density at radius 2 is 2.00 bits per heavy atom. The van der Waals surface area contributed by atoms with Crippen LogP contribution < -0.4 is 5.32 Å². The Morgan fingerprint density at radius 1 is 1.43 bits per heavy atom. The number of esters is 1. The number of amides is 2. The topological polar surface area (TPSA) is 78.9 Å². The number of carbonyl (C=O) groups excluding carboxylic acids is 2. The number of hydrogen-bond donors (Lipinski definition) is 2. The number of nitrogens with one attached hydrogen (secondary N) is 1. The van der Waals surface area contributed by atoms with Crippen LogP contribution in [0.1, 0.15) is 11.6 Å². The summed E-state index contributed by atoms with van der Waals surface area (Å²) in [5, 5.41) is 8.64. The fourth-order valence-corrected chi connectivity index (χ4v) is 2.88. The van der Waals surface area contributed by atoms with Crippen LogP contribution in [0.3, 0.4) is 0 Å². The van der Waals surface area contributed by atoms with Gasteiger partial charge >= 0.3 is 17.4 Å². The first kappa shape index (κ1) is 17.4. The second-order valence-corrected chi connectivity index (χ2v) is 5.60. The van der Waals surface area contributed by atoms with E-state index in [2.05, 4.69) is 10.1 Å². The predicted octanol–water partition coefficient (Wildman–Crippen LogP) is 1.69. The molecular weight excluding hydrogens is 334 g/mol. The SMILES string of the molecule is COC(=O)[C@H]1[C@@H](c2ccccc2)NC(=O)N(C)[C@@]1(O)C(F)(F)Cl. The number of ether oxygens (including phenoxy) is 1. The van der Waals surface area contributed by atoms with E-state index in [-0.39, 0.29) is 0 Å². The molecule has 1 saturated heterocycles. The molecule has 0 radical (unpaired) electrons. The van der Waals surface area contributed by atoms with Crippen molar-refractivity contribution in [3.63, 3.8) is 0 Å². The van der Waals surface area contributed by atoms with Crippen molar-refractivity contribution < 1.29 is 28.2 Å². The van der Waals surface area contributed by atoms with Crippen molar-refractivity contribution in [3.05, 3.63) is 35.9 Å². The zero-order valence-electron chi connectivity index (χ0n) is 12.3. The summed E-state index contributed by atoms with van der Waals surface area (Å²) in [5.74, 6) is -2.97. The summed E-state index contributed by atoms with van der Waals surface area (Å²) < 4.78 is 32.4. The third kappa shape index (κ3) is 2.72. The summed E-state index contributed by atoms with van der Waals surface area (Å²) in [6, 6.07) is 5.70. The lowest BCUT2D eigenvalue weighted by molar-refractivity contribution is -0.242. The minimum Gasteiger partial charge on any atom is -0.469 e. The van der Waals surface area contributed by atoms with Crippen molar-refractivity contribution in [2.45, 2.75) is 17.1 Å². The summed E-state index contributed by atoms with van der Waals surface area (Å²) >= 11 is 5.05. The van der Waals surface area contributed by atoms with E-state index in [1.54, 1.807) is 18.2 Å². The monoisotopic (exact) mass is 348 g/mol. The molecule has 1 heterocycles. The lowest BCUT2D eigenvalue weighted by Crippen LogP contribution is -2.72. The van der Waals surface area contributed by atoms with Gasteiger partial charge in [-0.3, -0.25) is 9.69 Å². The summed E-state index contributed by atoms with van der Waals surface area (Å²) in [5.41, 5.74) is -2.91. The largest absolute Gasteiger partial charge is 0.469 e. The fourth-order valence-electron chi connectivity index (χ4n) is 2.64. The van der Waals surface area contributed by atoms with Gasteiger partial charge in [-0.05, 0) is 17.2 Å². The maximum absolute atomic E-state index is 13.9. The maximum Gasteiger partial charge on any atom is 0.369 e. The number of rotatable bonds is 3. The van der Waals surface area contributed by atoms with Gasteiger partial charge in [0, 0.05) is 7.05 Å². The minimum atomic E-state index is -4.29. The second-order valence-electron chi connectivity index (χ2n) is 5.12. The van der Waals surface area contributed by atoms with Gasteiger partial charge in [-0.1, -0.05) is 30.3 Å². The average molecular weight is 349 g/mol. The van der Waals surface area contributed by atoms with Crippen LogP contribution in [0, 0.1) is 5.92 Å². The van der Waals surface area contributed by atoms with Crippen LogP contribution in [-0.4, -0.2) is 47.3 Å². The predicted molar refractivity (Wildman–Crippen MR) is 76.7 cm³/mol. The van der Waals surface area contributed by atoms with E-state index in [1.165, 1.54) is 12.1 Å². The quantitative estimate of drug-likeness (QED) is 0.643. The van der Waals surface area contributed by atoms with E-state index < -0.39 is 35.1 Å². The molecule has 0 aliphatic carbocycles. The van der Waals surface area contributed by atoms with Gasteiger partial charge in [-0.2, -0.15) is 8.78 Å². The second kappa shape index (κ2) is 5.93.